The summed E-state index contributed by atoms with van der Waals surface area (Å²) in [4.78, 5) is 2.13. The fraction of sp³-hybridized carbons (Fsp3) is 0.538. The number of aliphatic hydroxyl groups is 1. The first-order valence-electron chi connectivity index (χ1n) is 5.44. The molecule has 0 heterocycles. The van der Waals surface area contributed by atoms with Gasteiger partial charge in [0, 0.05) is 12.1 Å². The molecule has 0 fully saturated rings. The van der Waals surface area contributed by atoms with Gasteiger partial charge in [-0.05, 0) is 38.6 Å². The average Bonchev–Trinajstić information content (AvgIpc) is 2.30. The monoisotopic (exact) mass is 223 g/mol. The molecule has 16 heavy (non-hydrogen) atoms. The standard InChI is InChI=1S/C13H21NO2/c1-13(2,10-15)14(3)9-11-5-7-12(16-4)8-6-11/h5-8,15H,9-10H2,1-4H3. The summed E-state index contributed by atoms with van der Waals surface area (Å²) < 4.78 is 5.11. The Morgan fingerprint density at radius 2 is 1.81 bits per heavy atom. The largest absolute Gasteiger partial charge is 0.497 e. The molecule has 0 atom stereocenters. The predicted octanol–water partition coefficient (Wildman–Crippen LogP) is 1.90. The summed E-state index contributed by atoms with van der Waals surface area (Å²) in [7, 11) is 3.68. The van der Waals surface area contributed by atoms with Crippen molar-refractivity contribution in [1.82, 2.24) is 4.90 Å². The van der Waals surface area contributed by atoms with Crippen molar-refractivity contribution in [2.45, 2.75) is 25.9 Å². The normalized spacial score (nSPS) is 11.9. The number of hydrogen-bond acceptors (Lipinski definition) is 3. The van der Waals surface area contributed by atoms with Gasteiger partial charge in [-0.3, -0.25) is 4.90 Å². The first-order valence-corrected chi connectivity index (χ1v) is 5.44. The molecule has 1 aromatic rings. The van der Waals surface area contributed by atoms with E-state index in [0.717, 1.165) is 12.3 Å². The van der Waals surface area contributed by atoms with Crippen molar-refractivity contribution in [3.8, 4) is 5.75 Å². The molecule has 0 saturated heterocycles. The van der Waals surface area contributed by atoms with Gasteiger partial charge in [0.1, 0.15) is 5.75 Å². The fourth-order valence-corrected chi connectivity index (χ4v) is 1.34. The number of ether oxygens (including phenoxy) is 1. The summed E-state index contributed by atoms with van der Waals surface area (Å²) in [6.07, 6.45) is 0. The maximum absolute atomic E-state index is 9.26. The second kappa shape index (κ2) is 5.32. The van der Waals surface area contributed by atoms with Crippen LogP contribution < -0.4 is 4.74 Å². The second-order valence-corrected chi connectivity index (χ2v) is 4.67. The number of rotatable bonds is 5. The Morgan fingerprint density at radius 1 is 1.25 bits per heavy atom. The molecule has 0 unspecified atom stereocenters. The van der Waals surface area contributed by atoms with E-state index >= 15 is 0 Å². The Labute approximate surface area is 97.7 Å². The van der Waals surface area contributed by atoms with Crippen LogP contribution in [0.15, 0.2) is 24.3 Å². The Hall–Kier alpha value is -1.06. The molecule has 0 aliphatic carbocycles. The lowest BCUT2D eigenvalue weighted by Gasteiger charge is -2.33. The van der Waals surface area contributed by atoms with Gasteiger partial charge in [-0.15, -0.1) is 0 Å². The van der Waals surface area contributed by atoms with E-state index in [9.17, 15) is 5.11 Å². The summed E-state index contributed by atoms with van der Waals surface area (Å²) in [6, 6.07) is 8.00. The van der Waals surface area contributed by atoms with Gasteiger partial charge in [-0.2, -0.15) is 0 Å². The Morgan fingerprint density at radius 3 is 2.25 bits per heavy atom. The molecule has 0 amide bonds. The van der Waals surface area contributed by atoms with Crippen molar-refractivity contribution in [2.24, 2.45) is 0 Å². The number of aliphatic hydroxyl groups excluding tert-OH is 1. The first kappa shape index (κ1) is 13.0. The summed E-state index contributed by atoms with van der Waals surface area (Å²) in [5.74, 6) is 0.868. The van der Waals surface area contributed by atoms with Gasteiger partial charge in [0.05, 0.1) is 13.7 Å². The Kier molecular flexibility index (Phi) is 4.33. The van der Waals surface area contributed by atoms with Gasteiger partial charge >= 0.3 is 0 Å². The zero-order valence-electron chi connectivity index (χ0n) is 10.5. The van der Waals surface area contributed by atoms with Crippen LogP contribution in [0.3, 0.4) is 0 Å². The summed E-state index contributed by atoms with van der Waals surface area (Å²) in [5, 5.41) is 9.26. The molecule has 0 bridgehead atoms. The van der Waals surface area contributed by atoms with Crippen molar-refractivity contribution in [1.29, 1.82) is 0 Å². The van der Waals surface area contributed by atoms with Crippen LogP contribution >= 0.6 is 0 Å². The van der Waals surface area contributed by atoms with E-state index in [0.29, 0.717) is 0 Å². The van der Waals surface area contributed by atoms with Crippen LogP contribution in [0.25, 0.3) is 0 Å². The fourth-order valence-electron chi connectivity index (χ4n) is 1.34. The lowest BCUT2D eigenvalue weighted by atomic mass is 10.0. The van der Waals surface area contributed by atoms with E-state index < -0.39 is 0 Å². The van der Waals surface area contributed by atoms with Crippen molar-refractivity contribution >= 4 is 0 Å². The number of methoxy groups -OCH3 is 1. The maximum atomic E-state index is 9.26. The molecule has 1 aromatic carbocycles. The number of nitrogens with zero attached hydrogens (tertiary/aromatic N) is 1. The molecule has 0 spiro atoms. The summed E-state index contributed by atoms with van der Waals surface area (Å²) >= 11 is 0. The van der Waals surface area contributed by atoms with E-state index in [1.54, 1.807) is 7.11 Å². The van der Waals surface area contributed by atoms with E-state index in [2.05, 4.69) is 4.90 Å². The van der Waals surface area contributed by atoms with Gasteiger partial charge in [0.15, 0.2) is 0 Å². The van der Waals surface area contributed by atoms with Crippen LogP contribution in [0.2, 0.25) is 0 Å². The van der Waals surface area contributed by atoms with Crippen LogP contribution in [0.1, 0.15) is 19.4 Å². The van der Waals surface area contributed by atoms with Gasteiger partial charge in [0.25, 0.3) is 0 Å². The highest BCUT2D eigenvalue weighted by Gasteiger charge is 2.22. The number of benzene rings is 1. The SMILES string of the molecule is COc1ccc(CN(C)C(C)(C)CO)cc1. The molecular formula is C13H21NO2. The summed E-state index contributed by atoms with van der Waals surface area (Å²) in [6.45, 7) is 5.02. The number of hydrogen-bond donors (Lipinski definition) is 1. The molecule has 0 saturated carbocycles. The quantitative estimate of drug-likeness (QED) is 0.827. The third-order valence-electron chi connectivity index (χ3n) is 3.00. The molecule has 90 valence electrons. The van der Waals surface area contributed by atoms with Gasteiger partial charge in [-0.25, -0.2) is 0 Å². The lowest BCUT2D eigenvalue weighted by Crippen LogP contribution is -2.43. The highest BCUT2D eigenvalue weighted by molar-refractivity contribution is 5.27. The zero-order chi connectivity index (χ0) is 12.2. The predicted molar refractivity (Wildman–Crippen MR) is 65.6 cm³/mol. The van der Waals surface area contributed by atoms with Gasteiger partial charge < -0.3 is 9.84 Å². The molecule has 3 heteroatoms. The Balaban J connectivity index is 2.66. The molecule has 1 N–H and O–H groups in total. The minimum atomic E-state index is -0.195. The summed E-state index contributed by atoms with van der Waals surface area (Å²) in [5.41, 5.74) is 1.02. The zero-order valence-corrected chi connectivity index (χ0v) is 10.5. The minimum absolute atomic E-state index is 0.152. The average molecular weight is 223 g/mol. The second-order valence-electron chi connectivity index (χ2n) is 4.67. The molecule has 0 aliphatic rings. The number of likely N-dealkylation sites (N-methyl/N-ethyl adjacent to an activating group) is 1. The third-order valence-corrected chi connectivity index (χ3v) is 3.00. The molecule has 0 radical (unpaired) electrons. The third kappa shape index (κ3) is 3.22. The van der Waals surface area contributed by atoms with E-state index in [-0.39, 0.29) is 12.1 Å². The van der Waals surface area contributed by atoms with E-state index in [1.165, 1.54) is 5.56 Å². The van der Waals surface area contributed by atoms with Crippen LogP contribution in [-0.4, -0.2) is 36.3 Å². The van der Waals surface area contributed by atoms with Gasteiger partial charge in [0.2, 0.25) is 0 Å². The molecule has 0 aliphatic heterocycles. The minimum Gasteiger partial charge on any atom is -0.497 e. The Bertz CT molecular complexity index is 319. The molecule has 1 rings (SSSR count). The van der Waals surface area contributed by atoms with E-state index in [1.807, 2.05) is 45.2 Å². The van der Waals surface area contributed by atoms with Crippen molar-refractivity contribution in [3.63, 3.8) is 0 Å². The molecule has 3 nitrogen and oxygen atoms in total. The molecular weight excluding hydrogens is 202 g/mol. The highest BCUT2D eigenvalue weighted by Crippen LogP contribution is 2.17. The van der Waals surface area contributed by atoms with Crippen molar-refractivity contribution in [3.05, 3.63) is 29.8 Å². The van der Waals surface area contributed by atoms with Crippen LogP contribution in [0.4, 0.5) is 0 Å². The van der Waals surface area contributed by atoms with Crippen LogP contribution in [0.5, 0.6) is 5.75 Å². The van der Waals surface area contributed by atoms with E-state index in [4.69, 9.17) is 4.74 Å². The molecule has 0 aromatic heterocycles. The smallest absolute Gasteiger partial charge is 0.118 e. The first-order chi connectivity index (χ1) is 7.49. The van der Waals surface area contributed by atoms with Crippen LogP contribution in [-0.2, 0) is 6.54 Å². The highest BCUT2D eigenvalue weighted by atomic mass is 16.5. The van der Waals surface area contributed by atoms with Crippen molar-refractivity contribution in [2.75, 3.05) is 20.8 Å². The van der Waals surface area contributed by atoms with Crippen molar-refractivity contribution < 1.29 is 9.84 Å². The maximum Gasteiger partial charge on any atom is 0.118 e. The lowest BCUT2D eigenvalue weighted by molar-refractivity contribution is 0.0734. The van der Waals surface area contributed by atoms with Crippen LogP contribution in [0, 0.1) is 0 Å². The van der Waals surface area contributed by atoms with Gasteiger partial charge in [-0.1, -0.05) is 12.1 Å². The topological polar surface area (TPSA) is 32.7 Å².